The number of hydrogen-bond donors (Lipinski definition) is 0. The highest BCUT2D eigenvalue weighted by Gasteiger charge is 2.19. The van der Waals surface area contributed by atoms with E-state index >= 15 is 0 Å². The standard InChI is InChI=1S/C6H8N4S/c1-4-3-5-7-8-6(11-2)10(5)9-4/h3,6H,1-2H3. The van der Waals surface area contributed by atoms with Crippen molar-refractivity contribution in [3.63, 3.8) is 0 Å². The summed E-state index contributed by atoms with van der Waals surface area (Å²) in [6.07, 6.45) is 2.00. The monoisotopic (exact) mass is 168 g/mol. The molecule has 11 heavy (non-hydrogen) atoms. The van der Waals surface area contributed by atoms with Crippen LogP contribution in [0.3, 0.4) is 0 Å². The summed E-state index contributed by atoms with van der Waals surface area (Å²) >= 11 is 1.63. The van der Waals surface area contributed by atoms with E-state index in [9.17, 15) is 0 Å². The number of nitrogens with zero attached hydrogens (tertiary/aromatic N) is 4. The van der Waals surface area contributed by atoms with Gasteiger partial charge in [0.15, 0.2) is 5.82 Å². The number of rotatable bonds is 1. The molecule has 0 saturated heterocycles. The van der Waals surface area contributed by atoms with Crippen molar-refractivity contribution in [1.82, 2.24) is 9.78 Å². The third kappa shape index (κ3) is 0.956. The largest absolute Gasteiger partial charge is 0.210 e. The molecule has 1 atom stereocenters. The number of fused-ring (bicyclic) bond motifs is 1. The lowest BCUT2D eigenvalue weighted by atomic mass is 10.5. The van der Waals surface area contributed by atoms with E-state index in [1.807, 2.05) is 23.9 Å². The van der Waals surface area contributed by atoms with Crippen LogP contribution in [0, 0.1) is 6.92 Å². The molecule has 58 valence electrons. The van der Waals surface area contributed by atoms with Gasteiger partial charge in [-0.3, -0.25) is 0 Å². The fourth-order valence-electron chi connectivity index (χ4n) is 1.04. The molecular weight excluding hydrogens is 160 g/mol. The van der Waals surface area contributed by atoms with Gasteiger partial charge in [-0.2, -0.15) is 5.10 Å². The molecule has 0 aliphatic carbocycles. The van der Waals surface area contributed by atoms with E-state index in [1.165, 1.54) is 0 Å². The van der Waals surface area contributed by atoms with Gasteiger partial charge in [-0.1, -0.05) is 0 Å². The maximum atomic E-state index is 4.25. The second-order valence-corrected chi connectivity index (χ2v) is 3.26. The van der Waals surface area contributed by atoms with Crippen LogP contribution in [0.25, 0.3) is 0 Å². The first-order chi connectivity index (χ1) is 5.31. The molecule has 1 aromatic heterocycles. The van der Waals surface area contributed by atoms with Crippen molar-refractivity contribution in [2.45, 2.75) is 12.4 Å². The van der Waals surface area contributed by atoms with Crippen LogP contribution < -0.4 is 0 Å². The van der Waals surface area contributed by atoms with E-state index in [-0.39, 0.29) is 5.50 Å². The molecular formula is C6H8N4S. The summed E-state index contributed by atoms with van der Waals surface area (Å²) in [5.74, 6) is 0.863. The fourth-order valence-corrected chi connectivity index (χ4v) is 1.54. The van der Waals surface area contributed by atoms with E-state index in [0.29, 0.717) is 0 Å². The first-order valence-electron chi connectivity index (χ1n) is 3.31. The molecule has 1 aliphatic heterocycles. The predicted molar refractivity (Wildman–Crippen MR) is 44.0 cm³/mol. The van der Waals surface area contributed by atoms with Crippen molar-refractivity contribution in [3.05, 3.63) is 11.8 Å². The zero-order valence-electron chi connectivity index (χ0n) is 6.35. The van der Waals surface area contributed by atoms with Crippen LogP contribution in [0.15, 0.2) is 16.3 Å². The average Bonchev–Trinajstić information content (AvgIpc) is 2.45. The van der Waals surface area contributed by atoms with Gasteiger partial charge in [0.25, 0.3) is 0 Å². The van der Waals surface area contributed by atoms with Crippen LogP contribution >= 0.6 is 11.8 Å². The Morgan fingerprint density at radius 1 is 1.64 bits per heavy atom. The van der Waals surface area contributed by atoms with Crippen molar-refractivity contribution in [2.24, 2.45) is 10.2 Å². The van der Waals surface area contributed by atoms with E-state index in [2.05, 4.69) is 15.3 Å². The summed E-state index contributed by atoms with van der Waals surface area (Å²) in [5, 5.41) is 12.2. The Kier molecular flexibility index (Phi) is 1.45. The summed E-state index contributed by atoms with van der Waals surface area (Å²) in [6.45, 7) is 1.96. The molecule has 2 heterocycles. The molecule has 0 N–H and O–H groups in total. The molecule has 5 heteroatoms. The van der Waals surface area contributed by atoms with Crippen molar-refractivity contribution in [1.29, 1.82) is 0 Å². The average molecular weight is 168 g/mol. The molecule has 0 fully saturated rings. The molecule has 0 saturated carbocycles. The molecule has 0 radical (unpaired) electrons. The van der Waals surface area contributed by atoms with Crippen molar-refractivity contribution >= 4 is 17.6 Å². The van der Waals surface area contributed by atoms with Gasteiger partial charge in [0, 0.05) is 6.07 Å². The number of hydrogen-bond acceptors (Lipinski definition) is 4. The number of aryl methyl sites for hydroxylation is 1. The van der Waals surface area contributed by atoms with Gasteiger partial charge in [0.1, 0.15) is 0 Å². The first kappa shape index (κ1) is 6.84. The smallest absolute Gasteiger partial charge is 0.209 e. The van der Waals surface area contributed by atoms with Crippen molar-refractivity contribution < 1.29 is 0 Å². The number of thioether (sulfide) groups is 1. The molecule has 1 unspecified atom stereocenters. The topological polar surface area (TPSA) is 42.5 Å². The Morgan fingerprint density at radius 2 is 2.45 bits per heavy atom. The molecule has 0 spiro atoms. The first-order valence-corrected chi connectivity index (χ1v) is 4.60. The van der Waals surface area contributed by atoms with Crippen LogP contribution in [0.2, 0.25) is 0 Å². The zero-order chi connectivity index (χ0) is 7.84. The van der Waals surface area contributed by atoms with Gasteiger partial charge in [-0.25, -0.2) is 4.68 Å². The third-order valence-electron chi connectivity index (χ3n) is 1.52. The second-order valence-electron chi connectivity index (χ2n) is 2.37. The lowest BCUT2D eigenvalue weighted by Crippen LogP contribution is -1.99. The van der Waals surface area contributed by atoms with Crippen LogP contribution in [0.5, 0.6) is 0 Å². The quantitative estimate of drug-likeness (QED) is 0.644. The lowest BCUT2D eigenvalue weighted by Gasteiger charge is -2.01. The molecule has 0 bridgehead atoms. The summed E-state index contributed by atoms with van der Waals surface area (Å²) < 4.78 is 1.83. The second kappa shape index (κ2) is 2.34. The van der Waals surface area contributed by atoms with Gasteiger partial charge in [-0.05, 0) is 13.2 Å². The Labute approximate surface area is 68.7 Å². The van der Waals surface area contributed by atoms with E-state index in [0.717, 1.165) is 11.5 Å². The van der Waals surface area contributed by atoms with Gasteiger partial charge < -0.3 is 0 Å². The van der Waals surface area contributed by atoms with Gasteiger partial charge in [0.05, 0.1) is 5.69 Å². The van der Waals surface area contributed by atoms with E-state index < -0.39 is 0 Å². The Balaban J connectivity index is 2.45. The minimum absolute atomic E-state index is 0.0544. The normalized spacial score (nSPS) is 20.7. The highest BCUT2D eigenvalue weighted by molar-refractivity contribution is 7.98. The third-order valence-corrected chi connectivity index (χ3v) is 2.23. The lowest BCUT2D eigenvalue weighted by molar-refractivity contribution is 0.650. The van der Waals surface area contributed by atoms with Crippen LogP contribution in [-0.2, 0) is 0 Å². The highest BCUT2D eigenvalue weighted by atomic mass is 32.2. The van der Waals surface area contributed by atoms with Crippen molar-refractivity contribution in [3.8, 4) is 0 Å². The minimum atomic E-state index is 0.0544. The Hall–Kier alpha value is -0.840. The summed E-state index contributed by atoms with van der Waals surface area (Å²) in [6, 6.07) is 1.93. The molecule has 0 amide bonds. The predicted octanol–water partition coefficient (Wildman–Crippen LogP) is 2.11. The SMILES string of the molecule is CSC1N=Nc2cc(C)nn21. The van der Waals surface area contributed by atoms with Gasteiger partial charge >= 0.3 is 0 Å². The Morgan fingerprint density at radius 3 is 3.18 bits per heavy atom. The molecule has 2 rings (SSSR count). The summed E-state index contributed by atoms with van der Waals surface area (Å²) in [7, 11) is 0. The van der Waals surface area contributed by atoms with E-state index in [1.54, 1.807) is 11.8 Å². The molecule has 1 aromatic rings. The zero-order valence-corrected chi connectivity index (χ0v) is 7.17. The van der Waals surface area contributed by atoms with Crippen molar-refractivity contribution in [2.75, 3.05) is 6.26 Å². The number of aromatic nitrogens is 2. The maximum Gasteiger partial charge on any atom is 0.210 e. The number of azo groups is 1. The fraction of sp³-hybridized carbons (Fsp3) is 0.500. The Bertz CT molecular complexity index is 304. The molecule has 1 aliphatic rings. The van der Waals surface area contributed by atoms with Crippen LogP contribution in [0.4, 0.5) is 5.82 Å². The minimum Gasteiger partial charge on any atom is -0.209 e. The summed E-state index contributed by atoms with van der Waals surface area (Å²) in [4.78, 5) is 0. The van der Waals surface area contributed by atoms with E-state index in [4.69, 9.17) is 0 Å². The van der Waals surface area contributed by atoms with Gasteiger partial charge in [0.2, 0.25) is 5.50 Å². The molecule has 0 aromatic carbocycles. The van der Waals surface area contributed by atoms with Crippen LogP contribution in [-0.4, -0.2) is 16.0 Å². The maximum absolute atomic E-state index is 4.25. The molecule has 4 nitrogen and oxygen atoms in total. The highest BCUT2D eigenvalue weighted by Crippen LogP contribution is 2.33. The van der Waals surface area contributed by atoms with Crippen LogP contribution in [0.1, 0.15) is 11.2 Å². The summed E-state index contributed by atoms with van der Waals surface area (Å²) in [5.41, 5.74) is 1.05. The van der Waals surface area contributed by atoms with Gasteiger partial charge in [-0.15, -0.1) is 22.0 Å².